The average Bonchev–Trinajstić information content (AvgIpc) is 3.00. The average molecular weight is 246 g/mol. The minimum atomic E-state index is 0.340. The molecule has 1 heterocycles. The molecule has 4 heteroatoms. The molecule has 0 aliphatic heterocycles. The van der Waals surface area contributed by atoms with E-state index in [2.05, 4.69) is 10.4 Å². The lowest BCUT2D eigenvalue weighted by molar-refractivity contribution is 0.248. The van der Waals surface area contributed by atoms with Crippen LogP contribution < -0.4 is 17.0 Å². The molecule has 0 amide bonds. The number of nitrogens with two attached hydrogens (primary N) is 2. The van der Waals surface area contributed by atoms with Crippen molar-refractivity contribution in [2.45, 2.75) is 38.1 Å². The molecule has 1 aromatic heterocycles. The van der Waals surface area contributed by atoms with Gasteiger partial charge in [0.1, 0.15) is 0 Å². The van der Waals surface area contributed by atoms with Crippen LogP contribution in [-0.2, 0) is 6.42 Å². The van der Waals surface area contributed by atoms with E-state index in [-0.39, 0.29) is 0 Å². The van der Waals surface area contributed by atoms with Crippen LogP contribution in [0.2, 0.25) is 0 Å². The second-order valence-corrected chi connectivity index (χ2v) is 5.89. The van der Waals surface area contributed by atoms with Crippen LogP contribution in [0.3, 0.4) is 0 Å². The number of fused-ring (bicyclic) bond motifs is 2. The zero-order chi connectivity index (χ0) is 12.5. The molecule has 5 N–H and O–H groups in total. The Balaban J connectivity index is 1.72. The van der Waals surface area contributed by atoms with Crippen LogP contribution in [-0.4, -0.2) is 11.0 Å². The number of nitrogen functional groups attached to an aromatic ring is 1. The third-order valence-electron chi connectivity index (χ3n) is 4.90. The molecular formula is C14H22N4. The fourth-order valence-electron chi connectivity index (χ4n) is 3.97. The zero-order valence-corrected chi connectivity index (χ0v) is 10.7. The molecule has 98 valence electrons. The minimum Gasteiger partial charge on any atom is -0.398 e. The molecule has 4 unspecified atom stereocenters. The predicted molar refractivity (Wildman–Crippen MR) is 72.4 cm³/mol. The zero-order valence-electron chi connectivity index (χ0n) is 10.7. The van der Waals surface area contributed by atoms with Crippen LogP contribution in [0.5, 0.6) is 0 Å². The molecule has 4 nitrogen and oxygen atoms in total. The molecule has 2 aliphatic carbocycles. The highest BCUT2D eigenvalue weighted by molar-refractivity contribution is 5.44. The Morgan fingerprint density at radius 3 is 2.89 bits per heavy atom. The largest absolute Gasteiger partial charge is 0.398 e. The van der Waals surface area contributed by atoms with E-state index in [0.29, 0.717) is 12.0 Å². The first kappa shape index (κ1) is 11.9. The summed E-state index contributed by atoms with van der Waals surface area (Å²) >= 11 is 0. The van der Waals surface area contributed by atoms with Gasteiger partial charge < -0.3 is 5.73 Å². The van der Waals surface area contributed by atoms with Gasteiger partial charge in [-0.15, -0.1) is 0 Å². The highest BCUT2D eigenvalue weighted by atomic mass is 15.2. The second kappa shape index (κ2) is 4.86. The Kier molecular flexibility index (Phi) is 3.22. The number of nitrogens with one attached hydrogen (secondary N) is 1. The number of nitrogens with zero attached hydrogens (tertiary/aromatic N) is 1. The van der Waals surface area contributed by atoms with Crippen molar-refractivity contribution < 1.29 is 0 Å². The summed E-state index contributed by atoms with van der Waals surface area (Å²) in [5, 5.41) is 0. The Morgan fingerprint density at radius 2 is 2.28 bits per heavy atom. The fraction of sp³-hybridized carbons (Fsp3) is 0.643. The van der Waals surface area contributed by atoms with Gasteiger partial charge in [-0.25, -0.2) is 0 Å². The molecular weight excluding hydrogens is 224 g/mol. The van der Waals surface area contributed by atoms with E-state index in [4.69, 9.17) is 11.6 Å². The number of hydrogen-bond donors (Lipinski definition) is 3. The van der Waals surface area contributed by atoms with Crippen LogP contribution in [0.15, 0.2) is 18.5 Å². The summed E-state index contributed by atoms with van der Waals surface area (Å²) in [5.74, 6) is 8.30. The maximum atomic E-state index is 5.99. The van der Waals surface area contributed by atoms with Gasteiger partial charge in [-0.2, -0.15) is 0 Å². The molecule has 2 fully saturated rings. The monoisotopic (exact) mass is 246 g/mol. The number of aromatic nitrogens is 1. The minimum absolute atomic E-state index is 0.340. The van der Waals surface area contributed by atoms with E-state index >= 15 is 0 Å². The van der Waals surface area contributed by atoms with Gasteiger partial charge in [0, 0.05) is 24.1 Å². The summed E-state index contributed by atoms with van der Waals surface area (Å²) in [5.41, 5.74) is 11.0. The maximum absolute atomic E-state index is 5.99. The predicted octanol–water partition coefficient (Wildman–Crippen LogP) is 1.47. The fourth-order valence-corrected chi connectivity index (χ4v) is 3.97. The highest BCUT2D eigenvalue weighted by Crippen LogP contribution is 2.49. The topological polar surface area (TPSA) is 77.0 Å². The van der Waals surface area contributed by atoms with Crippen molar-refractivity contribution in [3.8, 4) is 0 Å². The van der Waals surface area contributed by atoms with Crippen molar-refractivity contribution in [3.63, 3.8) is 0 Å². The van der Waals surface area contributed by atoms with Gasteiger partial charge in [-0.3, -0.25) is 16.3 Å². The van der Waals surface area contributed by atoms with Crippen molar-refractivity contribution in [2.75, 3.05) is 5.73 Å². The number of hydrogen-bond acceptors (Lipinski definition) is 4. The van der Waals surface area contributed by atoms with E-state index < -0.39 is 0 Å². The van der Waals surface area contributed by atoms with Crippen molar-refractivity contribution in [1.29, 1.82) is 0 Å². The summed E-state index contributed by atoms with van der Waals surface area (Å²) in [6, 6.07) is 2.20. The second-order valence-electron chi connectivity index (χ2n) is 5.89. The van der Waals surface area contributed by atoms with E-state index in [0.717, 1.165) is 29.5 Å². The first-order valence-corrected chi connectivity index (χ1v) is 6.92. The molecule has 2 saturated carbocycles. The molecule has 0 radical (unpaired) electrons. The number of pyridine rings is 1. The van der Waals surface area contributed by atoms with Crippen molar-refractivity contribution in [2.24, 2.45) is 23.6 Å². The van der Waals surface area contributed by atoms with Gasteiger partial charge in [0.15, 0.2) is 0 Å². The summed E-state index contributed by atoms with van der Waals surface area (Å²) in [7, 11) is 0. The van der Waals surface area contributed by atoms with Crippen molar-refractivity contribution >= 4 is 5.69 Å². The Labute approximate surface area is 108 Å². The first-order chi connectivity index (χ1) is 8.78. The van der Waals surface area contributed by atoms with Crippen LogP contribution >= 0.6 is 0 Å². The standard InChI is InChI=1S/C14H22N4/c15-13-3-4-17-8-11(13)7-14(18-16)12-6-9-1-2-10(12)5-9/h3-4,8-10,12,14,18H,1-2,5-7,16H2,(H2,15,17). The summed E-state index contributed by atoms with van der Waals surface area (Å²) in [6.07, 6.45) is 10.0. The van der Waals surface area contributed by atoms with Gasteiger partial charge in [-0.1, -0.05) is 6.42 Å². The van der Waals surface area contributed by atoms with Gasteiger partial charge in [0.05, 0.1) is 0 Å². The van der Waals surface area contributed by atoms with Crippen molar-refractivity contribution in [1.82, 2.24) is 10.4 Å². The maximum Gasteiger partial charge on any atom is 0.0378 e. The third-order valence-corrected chi connectivity index (χ3v) is 4.90. The van der Waals surface area contributed by atoms with Gasteiger partial charge >= 0.3 is 0 Å². The Morgan fingerprint density at radius 1 is 1.39 bits per heavy atom. The van der Waals surface area contributed by atoms with Crippen LogP contribution in [0, 0.1) is 17.8 Å². The molecule has 1 aromatic rings. The summed E-state index contributed by atoms with van der Waals surface area (Å²) < 4.78 is 0. The Bertz CT molecular complexity index is 420. The molecule has 2 aliphatic rings. The lowest BCUT2D eigenvalue weighted by Crippen LogP contribution is -2.44. The Hall–Kier alpha value is -1.13. The lowest BCUT2D eigenvalue weighted by atomic mass is 9.81. The smallest absolute Gasteiger partial charge is 0.0378 e. The molecule has 0 aromatic carbocycles. The summed E-state index contributed by atoms with van der Waals surface area (Å²) in [4.78, 5) is 4.16. The lowest BCUT2D eigenvalue weighted by Gasteiger charge is -2.30. The normalized spacial score (nSPS) is 31.7. The van der Waals surface area contributed by atoms with Gasteiger partial charge in [0.25, 0.3) is 0 Å². The number of anilines is 1. The molecule has 2 bridgehead atoms. The molecule has 18 heavy (non-hydrogen) atoms. The van der Waals surface area contributed by atoms with Crippen LogP contribution in [0.4, 0.5) is 5.69 Å². The SMILES string of the molecule is NNC(Cc1cnccc1N)C1CC2CCC1C2. The number of rotatable bonds is 4. The molecule has 3 rings (SSSR count). The van der Waals surface area contributed by atoms with Crippen molar-refractivity contribution in [3.05, 3.63) is 24.0 Å². The van der Waals surface area contributed by atoms with Gasteiger partial charge in [0.2, 0.25) is 0 Å². The quantitative estimate of drug-likeness (QED) is 0.555. The van der Waals surface area contributed by atoms with E-state index in [1.54, 1.807) is 6.20 Å². The van der Waals surface area contributed by atoms with Gasteiger partial charge in [-0.05, 0) is 55.1 Å². The first-order valence-electron chi connectivity index (χ1n) is 6.92. The highest BCUT2D eigenvalue weighted by Gasteiger charge is 2.42. The number of hydrazine groups is 1. The molecule has 0 saturated heterocycles. The molecule has 0 spiro atoms. The molecule has 4 atom stereocenters. The van der Waals surface area contributed by atoms with E-state index in [1.807, 2.05) is 12.3 Å². The van der Waals surface area contributed by atoms with E-state index in [1.165, 1.54) is 25.7 Å². The third kappa shape index (κ3) is 2.10. The van der Waals surface area contributed by atoms with Crippen LogP contribution in [0.1, 0.15) is 31.2 Å². The van der Waals surface area contributed by atoms with Crippen LogP contribution in [0.25, 0.3) is 0 Å². The summed E-state index contributed by atoms with van der Waals surface area (Å²) in [6.45, 7) is 0. The van der Waals surface area contributed by atoms with E-state index in [9.17, 15) is 0 Å².